The van der Waals surface area contributed by atoms with Crippen molar-refractivity contribution < 1.29 is 19.0 Å². The van der Waals surface area contributed by atoms with E-state index in [1.165, 1.54) is 0 Å². The lowest BCUT2D eigenvalue weighted by atomic mass is 10.0. The number of ketones is 1. The third-order valence-electron chi connectivity index (χ3n) is 4.70. The summed E-state index contributed by atoms with van der Waals surface area (Å²) in [6.07, 6.45) is 5.43. The quantitative estimate of drug-likeness (QED) is 0.258. The fourth-order valence-corrected chi connectivity index (χ4v) is 3.01. The normalized spacial score (nSPS) is 11.0. The third-order valence-corrected chi connectivity index (χ3v) is 4.70. The minimum Gasteiger partial charge on any atom is -0.497 e. The zero-order valence-electron chi connectivity index (χ0n) is 17.1. The second kappa shape index (κ2) is 9.78. The molecular weight excluding hydrogens is 364 g/mol. The summed E-state index contributed by atoms with van der Waals surface area (Å²) in [5, 5.41) is 2.04. The van der Waals surface area contributed by atoms with Crippen molar-refractivity contribution in [1.29, 1.82) is 0 Å². The van der Waals surface area contributed by atoms with E-state index in [-0.39, 0.29) is 5.78 Å². The number of rotatable bonds is 9. The van der Waals surface area contributed by atoms with Crippen LogP contribution in [0.2, 0.25) is 0 Å². The maximum Gasteiger partial charge on any atom is 0.185 e. The number of benzene rings is 3. The molecule has 4 nitrogen and oxygen atoms in total. The fourth-order valence-electron chi connectivity index (χ4n) is 3.01. The molecule has 0 fully saturated rings. The first-order valence-corrected chi connectivity index (χ1v) is 9.75. The van der Waals surface area contributed by atoms with Crippen LogP contribution in [0.15, 0.2) is 60.7 Å². The van der Waals surface area contributed by atoms with Gasteiger partial charge in [0.15, 0.2) is 17.3 Å². The molecule has 150 valence electrons. The molecule has 0 saturated carbocycles. The Bertz CT molecular complexity index is 1020. The number of allylic oxidation sites excluding steroid dienone is 1. The molecule has 0 heterocycles. The summed E-state index contributed by atoms with van der Waals surface area (Å²) in [5.74, 6) is 2.13. The van der Waals surface area contributed by atoms with E-state index >= 15 is 0 Å². The highest BCUT2D eigenvalue weighted by molar-refractivity contribution is 6.08. The number of hydrogen-bond acceptors (Lipinski definition) is 4. The SMILES string of the molecule is CCCCOc1cc(/C=C/C(=O)c2ccc3cc(OC)ccc3c2)ccc1OC. The molecule has 29 heavy (non-hydrogen) atoms. The number of fused-ring (bicyclic) bond motifs is 1. The molecule has 3 rings (SSSR count). The number of unbranched alkanes of at least 4 members (excludes halogenated alkanes) is 1. The van der Waals surface area contributed by atoms with E-state index in [1.807, 2.05) is 54.6 Å². The summed E-state index contributed by atoms with van der Waals surface area (Å²) in [7, 11) is 3.26. The number of carbonyl (C=O) groups is 1. The van der Waals surface area contributed by atoms with Crippen LogP contribution in [0.4, 0.5) is 0 Å². The molecule has 0 unspecified atom stereocenters. The predicted octanol–water partition coefficient (Wildman–Crippen LogP) is 5.93. The fraction of sp³-hybridized carbons (Fsp3) is 0.240. The minimum atomic E-state index is -0.0491. The van der Waals surface area contributed by atoms with E-state index in [0.29, 0.717) is 23.7 Å². The first-order chi connectivity index (χ1) is 14.1. The van der Waals surface area contributed by atoms with Gasteiger partial charge in [0.1, 0.15) is 5.75 Å². The van der Waals surface area contributed by atoms with Crippen molar-refractivity contribution in [1.82, 2.24) is 0 Å². The zero-order valence-corrected chi connectivity index (χ0v) is 17.1. The Hall–Kier alpha value is -3.27. The standard InChI is InChI=1S/C25H26O4/c1-4-5-14-29-25-15-18(7-13-24(25)28-3)6-12-23(26)21-9-8-20-17-22(27-2)11-10-19(20)16-21/h6-13,15-17H,4-5,14H2,1-3H3/b12-6+. The number of hydrogen-bond donors (Lipinski definition) is 0. The highest BCUT2D eigenvalue weighted by atomic mass is 16.5. The summed E-state index contributed by atoms with van der Waals surface area (Å²) < 4.78 is 16.4. The van der Waals surface area contributed by atoms with Gasteiger partial charge in [0.25, 0.3) is 0 Å². The molecule has 0 radical (unpaired) electrons. The average Bonchev–Trinajstić information content (AvgIpc) is 2.77. The first-order valence-electron chi connectivity index (χ1n) is 9.75. The van der Waals surface area contributed by atoms with Gasteiger partial charge in [-0.1, -0.05) is 43.7 Å². The van der Waals surface area contributed by atoms with Gasteiger partial charge in [-0.2, -0.15) is 0 Å². The van der Waals surface area contributed by atoms with Gasteiger partial charge in [-0.05, 0) is 59.2 Å². The van der Waals surface area contributed by atoms with Crippen LogP contribution < -0.4 is 14.2 Å². The van der Waals surface area contributed by atoms with E-state index in [0.717, 1.165) is 34.9 Å². The highest BCUT2D eigenvalue weighted by Gasteiger charge is 2.07. The molecule has 0 atom stereocenters. The van der Waals surface area contributed by atoms with Gasteiger partial charge in [0.05, 0.1) is 20.8 Å². The zero-order chi connectivity index (χ0) is 20.6. The van der Waals surface area contributed by atoms with Gasteiger partial charge in [0, 0.05) is 5.56 Å². The third kappa shape index (κ3) is 5.17. The number of ether oxygens (including phenoxy) is 3. The second-order valence-corrected chi connectivity index (χ2v) is 6.74. The van der Waals surface area contributed by atoms with E-state index in [2.05, 4.69) is 6.92 Å². The summed E-state index contributed by atoms with van der Waals surface area (Å²) in [6, 6.07) is 17.1. The average molecular weight is 390 g/mol. The summed E-state index contributed by atoms with van der Waals surface area (Å²) >= 11 is 0. The Labute approximate surface area is 171 Å². The maximum absolute atomic E-state index is 12.6. The van der Waals surface area contributed by atoms with Crippen LogP contribution in [0.5, 0.6) is 17.2 Å². The molecule has 0 saturated heterocycles. The summed E-state index contributed by atoms with van der Waals surface area (Å²) in [5.41, 5.74) is 1.53. The summed E-state index contributed by atoms with van der Waals surface area (Å²) in [6.45, 7) is 2.76. The minimum absolute atomic E-state index is 0.0491. The second-order valence-electron chi connectivity index (χ2n) is 6.74. The molecule has 0 bridgehead atoms. The topological polar surface area (TPSA) is 44.8 Å². The number of carbonyl (C=O) groups excluding carboxylic acids is 1. The van der Waals surface area contributed by atoms with Crippen molar-refractivity contribution in [3.63, 3.8) is 0 Å². The lowest BCUT2D eigenvalue weighted by molar-refractivity contribution is 0.104. The van der Waals surface area contributed by atoms with Crippen molar-refractivity contribution in [3.05, 3.63) is 71.8 Å². The molecule has 3 aromatic carbocycles. The maximum atomic E-state index is 12.6. The van der Waals surface area contributed by atoms with Gasteiger partial charge in [-0.3, -0.25) is 4.79 Å². The Kier molecular flexibility index (Phi) is 6.90. The van der Waals surface area contributed by atoms with Crippen LogP contribution in [-0.2, 0) is 0 Å². The summed E-state index contributed by atoms with van der Waals surface area (Å²) in [4.78, 5) is 12.6. The Morgan fingerprint density at radius 2 is 1.69 bits per heavy atom. The lowest BCUT2D eigenvalue weighted by Gasteiger charge is -2.11. The molecule has 0 aliphatic heterocycles. The van der Waals surface area contributed by atoms with Gasteiger partial charge in [0.2, 0.25) is 0 Å². The van der Waals surface area contributed by atoms with Gasteiger partial charge >= 0.3 is 0 Å². The molecule has 0 N–H and O–H groups in total. The van der Waals surface area contributed by atoms with Crippen LogP contribution in [0.1, 0.15) is 35.7 Å². The molecule has 4 heteroatoms. The molecule has 0 amide bonds. The molecule has 0 aliphatic carbocycles. The van der Waals surface area contributed by atoms with Crippen molar-refractivity contribution in [3.8, 4) is 17.2 Å². The van der Waals surface area contributed by atoms with Crippen molar-refractivity contribution in [2.75, 3.05) is 20.8 Å². The van der Waals surface area contributed by atoms with E-state index in [1.54, 1.807) is 26.4 Å². The highest BCUT2D eigenvalue weighted by Crippen LogP contribution is 2.29. The van der Waals surface area contributed by atoms with Crippen LogP contribution in [-0.4, -0.2) is 26.6 Å². The largest absolute Gasteiger partial charge is 0.497 e. The number of methoxy groups -OCH3 is 2. The van der Waals surface area contributed by atoms with E-state index in [9.17, 15) is 4.79 Å². The molecule has 0 spiro atoms. The van der Waals surface area contributed by atoms with Crippen molar-refractivity contribution in [2.24, 2.45) is 0 Å². The van der Waals surface area contributed by atoms with E-state index in [4.69, 9.17) is 14.2 Å². The lowest BCUT2D eigenvalue weighted by Crippen LogP contribution is -1.99. The Morgan fingerprint density at radius 1 is 0.897 bits per heavy atom. The molecular formula is C25H26O4. The van der Waals surface area contributed by atoms with Crippen LogP contribution in [0, 0.1) is 0 Å². The molecule has 0 aromatic heterocycles. The van der Waals surface area contributed by atoms with Crippen molar-refractivity contribution in [2.45, 2.75) is 19.8 Å². The Morgan fingerprint density at radius 3 is 2.45 bits per heavy atom. The van der Waals surface area contributed by atoms with Crippen LogP contribution in [0.3, 0.4) is 0 Å². The van der Waals surface area contributed by atoms with Gasteiger partial charge < -0.3 is 14.2 Å². The van der Waals surface area contributed by atoms with Crippen molar-refractivity contribution >= 4 is 22.6 Å². The van der Waals surface area contributed by atoms with E-state index < -0.39 is 0 Å². The van der Waals surface area contributed by atoms with Crippen LogP contribution in [0.25, 0.3) is 16.8 Å². The van der Waals surface area contributed by atoms with Crippen LogP contribution >= 0.6 is 0 Å². The Balaban J connectivity index is 1.77. The van der Waals surface area contributed by atoms with Gasteiger partial charge in [-0.15, -0.1) is 0 Å². The predicted molar refractivity (Wildman–Crippen MR) is 117 cm³/mol. The smallest absolute Gasteiger partial charge is 0.185 e. The molecule has 3 aromatic rings. The first kappa shape index (κ1) is 20.5. The van der Waals surface area contributed by atoms with Gasteiger partial charge in [-0.25, -0.2) is 0 Å². The monoisotopic (exact) mass is 390 g/mol. The molecule has 0 aliphatic rings.